The van der Waals surface area contributed by atoms with Gasteiger partial charge in [-0.05, 0) is 24.0 Å². The Morgan fingerprint density at radius 1 is 1.33 bits per heavy atom. The number of halogens is 4. The molecule has 0 unspecified atom stereocenters. The lowest BCUT2D eigenvalue weighted by Crippen LogP contribution is -2.26. The molecule has 2 rings (SSSR count). The van der Waals surface area contributed by atoms with E-state index >= 15 is 0 Å². The van der Waals surface area contributed by atoms with Gasteiger partial charge in [0, 0.05) is 11.1 Å². The lowest BCUT2D eigenvalue weighted by molar-refractivity contribution is -0.141. The molecule has 2 aromatic rings. The minimum atomic E-state index is -4.64. The quantitative estimate of drug-likeness (QED) is 0.634. The summed E-state index contributed by atoms with van der Waals surface area (Å²) in [6.07, 6.45) is -3.07. The maximum absolute atomic E-state index is 12.7. The van der Waals surface area contributed by atoms with Crippen LogP contribution in [0.3, 0.4) is 0 Å². The molecule has 112 valence electrons. The van der Waals surface area contributed by atoms with Crippen LogP contribution < -0.4 is 5.56 Å². The lowest BCUT2D eigenvalue weighted by atomic mass is 10.2. The molecule has 8 heteroatoms. The third kappa shape index (κ3) is 3.79. The summed E-state index contributed by atoms with van der Waals surface area (Å²) in [5.41, 5.74) is -1.22. The summed E-state index contributed by atoms with van der Waals surface area (Å²) in [5, 5.41) is 0.501. The summed E-state index contributed by atoms with van der Waals surface area (Å²) in [4.78, 5) is 15.4. The van der Waals surface area contributed by atoms with E-state index in [1.54, 1.807) is 30.5 Å². The highest BCUT2D eigenvalue weighted by atomic mass is 35.5. The van der Waals surface area contributed by atoms with Gasteiger partial charge in [0.2, 0.25) is 0 Å². The van der Waals surface area contributed by atoms with Gasteiger partial charge in [0.25, 0.3) is 5.56 Å². The van der Waals surface area contributed by atoms with Gasteiger partial charge < -0.3 is 0 Å². The molecule has 1 heterocycles. The van der Waals surface area contributed by atoms with Crippen molar-refractivity contribution in [2.75, 3.05) is 6.26 Å². The van der Waals surface area contributed by atoms with Gasteiger partial charge in [-0.3, -0.25) is 9.36 Å². The average Bonchev–Trinajstić information content (AvgIpc) is 2.39. The largest absolute Gasteiger partial charge is 0.433 e. The topological polar surface area (TPSA) is 34.9 Å². The predicted molar refractivity (Wildman–Crippen MR) is 75.8 cm³/mol. The molecule has 1 aromatic carbocycles. The molecule has 0 fully saturated rings. The summed E-state index contributed by atoms with van der Waals surface area (Å²) in [7, 11) is 0. The monoisotopic (exact) mass is 334 g/mol. The van der Waals surface area contributed by atoms with Crippen LogP contribution in [-0.4, -0.2) is 15.8 Å². The van der Waals surface area contributed by atoms with E-state index in [0.717, 1.165) is 11.8 Å². The minimum absolute atomic E-state index is 0.00907. The summed E-state index contributed by atoms with van der Waals surface area (Å²) in [6, 6.07) is 7.27. The Labute approximate surface area is 127 Å². The smallest absolute Gasteiger partial charge is 0.283 e. The number of aromatic nitrogens is 2. The highest BCUT2D eigenvalue weighted by Gasteiger charge is 2.34. The number of thioether (sulfide) groups is 1. The van der Waals surface area contributed by atoms with Gasteiger partial charge in [-0.25, -0.2) is 4.98 Å². The van der Waals surface area contributed by atoms with Crippen molar-refractivity contribution in [2.45, 2.75) is 17.9 Å². The molecule has 0 aliphatic heterocycles. The molecule has 0 atom stereocenters. The first-order valence-corrected chi connectivity index (χ1v) is 7.39. The molecule has 0 aliphatic rings. The molecule has 0 amide bonds. The number of hydrogen-bond acceptors (Lipinski definition) is 3. The van der Waals surface area contributed by atoms with Crippen LogP contribution in [0.1, 0.15) is 11.3 Å². The molecule has 21 heavy (non-hydrogen) atoms. The van der Waals surface area contributed by atoms with E-state index in [-0.39, 0.29) is 11.7 Å². The zero-order chi connectivity index (χ0) is 15.6. The van der Waals surface area contributed by atoms with Crippen LogP contribution in [0, 0.1) is 0 Å². The van der Waals surface area contributed by atoms with Gasteiger partial charge in [0.1, 0.15) is 0 Å². The van der Waals surface area contributed by atoms with E-state index in [0.29, 0.717) is 16.7 Å². The van der Waals surface area contributed by atoms with Crippen molar-refractivity contribution in [3.05, 3.63) is 57.0 Å². The van der Waals surface area contributed by atoms with E-state index < -0.39 is 17.4 Å². The first kappa shape index (κ1) is 15.9. The van der Waals surface area contributed by atoms with Crippen molar-refractivity contribution >= 4 is 23.4 Å². The van der Waals surface area contributed by atoms with E-state index in [1.807, 2.05) is 0 Å². The molecule has 0 spiro atoms. The van der Waals surface area contributed by atoms with Crippen LogP contribution in [0.25, 0.3) is 0 Å². The van der Waals surface area contributed by atoms with Crippen molar-refractivity contribution in [1.82, 2.24) is 9.55 Å². The highest BCUT2D eigenvalue weighted by molar-refractivity contribution is 7.98. The van der Waals surface area contributed by atoms with Gasteiger partial charge in [-0.2, -0.15) is 13.2 Å². The van der Waals surface area contributed by atoms with Crippen LogP contribution in [-0.2, 0) is 12.7 Å². The van der Waals surface area contributed by atoms with Crippen LogP contribution in [0.4, 0.5) is 13.2 Å². The molecule has 1 aromatic heterocycles. The van der Waals surface area contributed by atoms with E-state index in [2.05, 4.69) is 4.98 Å². The Hall–Kier alpha value is -1.47. The molecule has 0 N–H and O–H groups in total. The number of alkyl halides is 3. The first-order valence-electron chi connectivity index (χ1n) is 5.79. The maximum atomic E-state index is 12.7. The Kier molecular flexibility index (Phi) is 4.63. The second kappa shape index (κ2) is 6.11. The van der Waals surface area contributed by atoms with Crippen molar-refractivity contribution in [3.63, 3.8) is 0 Å². The Balaban J connectivity index is 2.47. The molecule has 0 bridgehead atoms. The van der Waals surface area contributed by atoms with E-state index in [9.17, 15) is 18.0 Å². The van der Waals surface area contributed by atoms with Crippen LogP contribution in [0.2, 0.25) is 5.02 Å². The standard InChI is InChI=1S/C13H10ClF3N2OS/c1-21-12-18-10(13(15,16)17)6-11(20)19(12)7-8-3-2-4-9(14)5-8/h2-6H,7H2,1H3. The molecular formula is C13H10ClF3N2OS. The van der Waals surface area contributed by atoms with Crippen LogP contribution in [0.15, 0.2) is 40.3 Å². The molecular weight excluding hydrogens is 325 g/mol. The third-order valence-corrected chi connectivity index (χ3v) is 3.59. The molecule has 3 nitrogen and oxygen atoms in total. The highest BCUT2D eigenvalue weighted by Crippen LogP contribution is 2.28. The first-order chi connectivity index (χ1) is 9.81. The Morgan fingerprint density at radius 3 is 2.62 bits per heavy atom. The van der Waals surface area contributed by atoms with Gasteiger partial charge in [-0.1, -0.05) is 35.5 Å². The van der Waals surface area contributed by atoms with Crippen molar-refractivity contribution in [3.8, 4) is 0 Å². The van der Waals surface area contributed by atoms with Gasteiger partial charge in [-0.15, -0.1) is 0 Å². The second-order valence-corrected chi connectivity index (χ2v) is 5.39. The lowest BCUT2D eigenvalue weighted by Gasteiger charge is -2.13. The average molecular weight is 335 g/mol. The Morgan fingerprint density at radius 2 is 2.05 bits per heavy atom. The fraction of sp³-hybridized carbons (Fsp3) is 0.231. The van der Waals surface area contributed by atoms with Crippen LogP contribution >= 0.6 is 23.4 Å². The summed E-state index contributed by atoms with van der Waals surface area (Å²) in [6.45, 7) is 0.112. The summed E-state index contributed by atoms with van der Waals surface area (Å²) in [5.74, 6) is 0. The predicted octanol–water partition coefficient (Wildman–Crippen LogP) is 3.69. The number of nitrogens with zero attached hydrogens (tertiary/aromatic N) is 2. The number of benzene rings is 1. The molecule has 0 radical (unpaired) electrons. The number of hydrogen-bond donors (Lipinski definition) is 0. The minimum Gasteiger partial charge on any atom is -0.283 e. The van der Waals surface area contributed by atoms with E-state index in [4.69, 9.17) is 11.6 Å². The van der Waals surface area contributed by atoms with Gasteiger partial charge in [0.05, 0.1) is 6.54 Å². The number of rotatable bonds is 3. The normalized spacial score (nSPS) is 11.7. The fourth-order valence-corrected chi connectivity index (χ4v) is 2.53. The third-order valence-electron chi connectivity index (χ3n) is 2.68. The SMILES string of the molecule is CSc1nc(C(F)(F)F)cc(=O)n1Cc1cccc(Cl)c1. The maximum Gasteiger partial charge on any atom is 0.433 e. The summed E-state index contributed by atoms with van der Waals surface area (Å²) < 4.78 is 39.2. The second-order valence-electron chi connectivity index (χ2n) is 4.18. The van der Waals surface area contributed by atoms with Crippen molar-refractivity contribution < 1.29 is 13.2 Å². The zero-order valence-electron chi connectivity index (χ0n) is 10.8. The Bertz CT molecular complexity index is 715. The van der Waals surface area contributed by atoms with Crippen LogP contribution in [0.5, 0.6) is 0 Å². The zero-order valence-corrected chi connectivity index (χ0v) is 12.4. The van der Waals surface area contributed by atoms with Gasteiger partial charge >= 0.3 is 6.18 Å². The molecule has 0 aliphatic carbocycles. The molecule has 0 saturated heterocycles. The van der Waals surface area contributed by atoms with E-state index in [1.165, 1.54) is 4.57 Å². The summed E-state index contributed by atoms with van der Waals surface area (Å²) >= 11 is 6.83. The van der Waals surface area contributed by atoms with Crippen molar-refractivity contribution in [2.24, 2.45) is 0 Å². The van der Waals surface area contributed by atoms with Gasteiger partial charge in [0.15, 0.2) is 10.9 Å². The molecule has 0 saturated carbocycles. The van der Waals surface area contributed by atoms with Crippen molar-refractivity contribution in [1.29, 1.82) is 0 Å². The fourth-order valence-electron chi connectivity index (χ4n) is 1.75.